The molecule has 0 aliphatic carbocycles. The van der Waals surface area contributed by atoms with Gasteiger partial charge in [0, 0.05) is 25.6 Å². The predicted molar refractivity (Wildman–Crippen MR) is 94.8 cm³/mol. The normalized spacial score (nSPS) is 21.8. The minimum absolute atomic E-state index is 0.0779. The van der Waals surface area contributed by atoms with Gasteiger partial charge in [-0.2, -0.15) is 0 Å². The minimum Gasteiger partial charge on any atom is -0.379 e. The van der Waals surface area contributed by atoms with Crippen LogP contribution in [0, 0.1) is 18.8 Å². The second kappa shape index (κ2) is 8.10. The number of rotatable bonds is 6. The van der Waals surface area contributed by atoms with E-state index in [-0.39, 0.29) is 17.9 Å². The maximum absolute atomic E-state index is 12.5. The standard InChI is InChI=1S/C19H29N3O2/c1-14-4-3-5-16(10-14)18(22-6-8-24-9-7-22)13-21-19(23)15(2)17-11-20-12-17/h3-5,10,15,17-18,20H,6-9,11-13H2,1-2H3,(H,21,23). The minimum atomic E-state index is 0.0779. The third-order valence-electron chi connectivity index (χ3n) is 5.32. The molecule has 2 N–H and O–H groups in total. The van der Waals surface area contributed by atoms with E-state index in [4.69, 9.17) is 4.74 Å². The van der Waals surface area contributed by atoms with Gasteiger partial charge in [0.2, 0.25) is 5.91 Å². The quantitative estimate of drug-likeness (QED) is 0.826. The SMILES string of the molecule is Cc1cccc(C(CNC(=O)C(C)C2CNC2)N2CCOCC2)c1. The Hall–Kier alpha value is -1.43. The maximum atomic E-state index is 12.5. The topological polar surface area (TPSA) is 53.6 Å². The van der Waals surface area contributed by atoms with E-state index in [2.05, 4.69) is 46.7 Å². The third kappa shape index (κ3) is 4.15. The number of benzene rings is 1. The second-order valence-electron chi connectivity index (χ2n) is 7.03. The van der Waals surface area contributed by atoms with Gasteiger partial charge in [-0.1, -0.05) is 36.8 Å². The largest absolute Gasteiger partial charge is 0.379 e. The Labute approximate surface area is 144 Å². The molecule has 2 atom stereocenters. The van der Waals surface area contributed by atoms with Crippen molar-refractivity contribution in [2.75, 3.05) is 45.9 Å². The van der Waals surface area contributed by atoms with Crippen LogP contribution in [-0.4, -0.2) is 56.7 Å². The van der Waals surface area contributed by atoms with E-state index in [9.17, 15) is 4.79 Å². The van der Waals surface area contributed by atoms with Gasteiger partial charge in [0.1, 0.15) is 0 Å². The van der Waals surface area contributed by atoms with Crippen molar-refractivity contribution in [1.29, 1.82) is 0 Å². The zero-order valence-corrected chi connectivity index (χ0v) is 14.8. The van der Waals surface area contributed by atoms with Crippen molar-refractivity contribution in [3.63, 3.8) is 0 Å². The highest BCUT2D eigenvalue weighted by molar-refractivity contribution is 5.78. The summed E-state index contributed by atoms with van der Waals surface area (Å²) in [6.07, 6.45) is 0. The van der Waals surface area contributed by atoms with E-state index in [0.29, 0.717) is 12.5 Å². The Morgan fingerprint density at radius 3 is 2.75 bits per heavy atom. The van der Waals surface area contributed by atoms with Crippen LogP contribution in [0.25, 0.3) is 0 Å². The highest BCUT2D eigenvalue weighted by atomic mass is 16.5. The number of nitrogens with zero attached hydrogens (tertiary/aromatic N) is 1. The van der Waals surface area contributed by atoms with Crippen LogP contribution in [0.2, 0.25) is 0 Å². The molecule has 132 valence electrons. The Morgan fingerprint density at radius 1 is 1.38 bits per heavy atom. The first-order valence-electron chi connectivity index (χ1n) is 9.02. The van der Waals surface area contributed by atoms with Crippen LogP contribution in [0.1, 0.15) is 24.1 Å². The average molecular weight is 331 g/mol. The van der Waals surface area contributed by atoms with E-state index in [1.807, 2.05) is 6.92 Å². The summed E-state index contributed by atoms with van der Waals surface area (Å²) in [6, 6.07) is 8.82. The molecule has 5 heteroatoms. The number of ether oxygens (including phenoxy) is 1. The van der Waals surface area contributed by atoms with Gasteiger partial charge < -0.3 is 15.4 Å². The number of hydrogen-bond acceptors (Lipinski definition) is 4. The van der Waals surface area contributed by atoms with Crippen molar-refractivity contribution in [2.45, 2.75) is 19.9 Å². The van der Waals surface area contributed by atoms with Crippen LogP contribution in [0.4, 0.5) is 0 Å². The van der Waals surface area contributed by atoms with Gasteiger partial charge in [-0.25, -0.2) is 0 Å². The Balaban J connectivity index is 1.66. The van der Waals surface area contributed by atoms with Gasteiger partial charge in [0.05, 0.1) is 19.3 Å². The Kier molecular flexibility index (Phi) is 5.87. The zero-order chi connectivity index (χ0) is 16.9. The smallest absolute Gasteiger partial charge is 0.223 e. The van der Waals surface area contributed by atoms with Crippen LogP contribution >= 0.6 is 0 Å². The van der Waals surface area contributed by atoms with Gasteiger partial charge in [0.25, 0.3) is 0 Å². The fourth-order valence-electron chi connectivity index (χ4n) is 3.46. The lowest BCUT2D eigenvalue weighted by atomic mass is 9.88. The highest BCUT2D eigenvalue weighted by Gasteiger charge is 2.30. The molecule has 0 bridgehead atoms. The van der Waals surface area contributed by atoms with E-state index >= 15 is 0 Å². The molecule has 2 saturated heterocycles. The summed E-state index contributed by atoms with van der Waals surface area (Å²) >= 11 is 0. The number of morpholine rings is 1. The summed E-state index contributed by atoms with van der Waals surface area (Å²) in [5.74, 6) is 0.729. The molecule has 2 heterocycles. The van der Waals surface area contributed by atoms with Crippen molar-refractivity contribution in [2.24, 2.45) is 11.8 Å². The molecule has 0 saturated carbocycles. The summed E-state index contributed by atoms with van der Waals surface area (Å²) in [7, 11) is 0. The molecule has 0 radical (unpaired) electrons. The molecule has 1 amide bonds. The fourth-order valence-corrected chi connectivity index (χ4v) is 3.46. The van der Waals surface area contributed by atoms with Crippen molar-refractivity contribution in [3.05, 3.63) is 35.4 Å². The number of amides is 1. The third-order valence-corrected chi connectivity index (χ3v) is 5.32. The van der Waals surface area contributed by atoms with Crippen LogP contribution in [0.3, 0.4) is 0 Å². The van der Waals surface area contributed by atoms with Crippen LogP contribution in [-0.2, 0) is 9.53 Å². The summed E-state index contributed by atoms with van der Waals surface area (Å²) in [5, 5.41) is 6.44. The highest BCUT2D eigenvalue weighted by Crippen LogP contribution is 2.23. The summed E-state index contributed by atoms with van der Waals surface area (Å²) in [4.78, 5) is 14.9. The lowest BCUT2D eigenvalue weighted by Crippen LogP contribution is -2.51. The van der Waals surface area contributed by atoms with Crippen molar-refractivity contribution < 1.29 is 9.53 Å². The fraction of sp³-hybridized carbons (Fsp3) is 0.632. The summed E-state index contributed by atoms with van der Waals surface area (Å²) in [5.41, 5.74) is 2.53. The van der Waals surface area contributed by atoms with Gasteiger partial charge in [-0.05, 0) is 31.5 Å². The van der Waals surface area contributed by atoms with Crippen LogP contribution in [0.15, 0.2) is 24.3 Å². The molecule has 1 aromatic rings. The van der Waals surface area contributed by atoms with E-state index in [1.165, 1.54) is 11.1 Å². The molecule has 3 rings (SSSR count). The molecule has 24 heavy (non-hydrogen) atoms. The van der Waals surface area contributed by atoms with Crippen LogP contribution < -0.4 is 10.6 Å². The molecule has 2 unspecified atom stereocenters. The first kappa shape index (κ1) is 17.4. The van der Waals surface area contributed by atoms with Crippen molar-refractivity contribution >= 4 is 5.91 Å². The molecule has 1 aromatic carbocycles. The molecule has 5 nitrogen and oxygen atoms in total. The second-order valence-corrected chi connectivity index (χ2v) is 7.03. The average Bonchev–Trinajstić information content (AvgIpc) is 2.54. The molecule has 0 aromatic heterocycles. The first-order valence-corrected chi connectivity index (χ1v) is 9.02. The Morgan fingerprint density at radius 2 is 2.12 bits per heavy atom. The van der Waals surface area contributed by atoms with Gasteiger partial charge in [0.15, 0.2) is 0 Å². The van der Waals surface area contributed by atoms with E-state index in [1.54, 1.807) is 0 Å². The zero-order valence-electron chi connectivity index (χ0n) is 14.8. The van der Waals surface area contributed by atoms with Gasteiger partial charge >= 0.3 is 0 Å². The molecular formula is C19H29N3O2. The monoisotopic (exact) mass is 331 g/mol. The number of hydrogen-bond donors (Lipinski definition) is 2. The van der Waals surface area contributed by atoms with E-state index in [0.717, 1.165) is 39.4 Å². The molecule has 2 aliphatic rings. The summed E-state index contributed by atoms with van der Waals surface area (Å²) in [6.45, 7) is 10.1. The summed E-state index contributed by atoms with van der Waals surface area (Å²) < 4.78 is 5.49. The number of carbonyl (C=O) groups is 1. The molecule has 0 spiro atoms. The number of nitrogens with one attached hydrogen (secondary N) is 2. The van der Waals surface area contributed by atoms with Crippen LogP contribution in [0.5, 0.6) is 0 Å². The Bertz CT molecular complexity index is 553. The number of carbonyl (C=O) groups excluding carboxylic acids is 1. The molecule has 2 aliphatic heterocycles. The maximum Gasteiger partial charge on any atom is 0.223 e. The van der Waals surface area contributed by atoms with Crippen molar-refractivity contribution in [1.82, 2.24) is 15.5 Å². The van der Waals surface area contributed by atoms with Gasteiger partial charge in [-0.15, -0.1) is 0 Å². The van der Waals surface area contributed by atoms with Gasteiger partial charge in [-0.3, -0.25) is 9.69 Å². The molecule has 2 fully saturated rings. The lowest BCUT2D eigenvalue weighted by Gasteiger charge is -2.36. The predicted octanol–water partition coefficient (Wildman–Crippen LogP) is 1.34. The lowest BCUT2D eigenvalue weighted by molar-refractivity contribution is -0.127. The molecular weight excluding hydrogens is 302 g/mol. The number of aryl methyl sites for hydroxylation is 1. The van der Waals surface area contributed by atoms with E-state index < -0.39 is 0 Å². The first-order chi connectivity index (χ1) is 11.6. The van der Waals surface area contributed by atoms with Crippen molar-refractivity contribution in [3.8, 4) is 0 Å².